The summed E-state index contributed by atoms with van der Waals surface area (Å²) in [6, 6.07) is 10.5. The quantitative estimate of drug-likeness (QED) is 0.801. The second-order valence-electron chi connectivity index (χ2n) is 5.98. The SMILES string of the molecule is C[C@@]12C[C@@H](NC(=S)N1c1ccc(F)cc1)c1cc(F)ccc1O2. The van der Waals surface area contributed by atoms with Gasteiger partial charge in [-0.15, -0.1) is 0 Å². The number of hydrogen-bond donors (Lipinski definition) is 1. The summed E-state index contributed by atoms with van der Waals surface area (Å²) in [6.45, 7) is 1.93. The summed E-state index contributed by atoms with van der Waals surface area (Å²) in [4.78, 5) is 1.84. The molecule has 0 radical (unpaired) electrons. The Morgan fingerprint density at radius 2 is 1.87 bits per heavy atom. The zero-order chi connectivity index (χ0) is 16.2. The first-order valence-corrected chi connectivity index (χ1v) is 7.72. The second kappa shape index (κ2) is 4.89. The van der Waals surface area contributed by atoms with Crippen LogP contribution in [0.25, 0.3) is 0 Å². The first kappa shape index (κ1) is 14.4. The molecule has 0 aliphatic carbocycles. The predicted molar refractivity (Wildman–Crippen MR) is 87.4 cm³/mol. The standard InChI is InChI=1S/C17H14F2N2OS/c1-17-9-14(13-8-11(19)4-7-15(13)22-17)20-16(23)21(17)12-5-2-10(18)3-6-12/h2-8,14H,9H2,1H3,(H,20,23)/t14-,17-/m1/s1. The van der Waals surface area contributed by atoms with Crippen LogP contribution in [-0.4, -0.2) is 10.8 Å². The lowest BCUT2D eigenvalue weighted by molar-refractivity contribution is 0.0495. The third-order valence-electron chi connectivity index (χ3n) is 4.32. The van der Waals surface area contributed by atoms with E-state index in [1.54, 1.807) is 18.2 Å². The maximum absolute atomic E-state index is 13.5. The van der Waals surface area contributed by atoms with Crippen LogP contribution >= 0.6 is 12.2 Å². The van der Waals surface area contributed by atoms with Gasteiger partial charge in [-0.2, -0.15) is 0 Å². The van der Waals surface area contributed by atoms with Crippen LogP contribution in [0.15, 0.2) is 42.5 Å². The third kappa shape index (κ3) is 2.25. The molecule has 0 amide bonds. The van der Waals surface area contributed by atoms with Crippen molar-refractivity contribution in [2.24, 2.45) is 0 Å². The molecule has 0 spiro atoms. The highest BCUT2D eigenvalue weighted by atomic mass is 32.1. The van der Waals surface area contributed by atoms with Gasteiger partial charge >= 0.3 is 0 Å². The Kier molecular flexibility index (Phi) is 3.06. The zero-order valence-electron chi connectivity index (χ0n) is 12.3. The average molecular weight is 332 g/mol. The van der Waals surface area contributed by atoms with Gasteiger partial charge in [0.25, 0.3) is 0 Å². The van der Waals surface area contributed by atoms with E-state index in [9.17, 15) is 8.78 Å². The summed E-state index contributed by atoms with van der Waals surface area (Å²) in [6.07, 6.45) is 0.598. The monoisotopic (exact) mass is 332 g/mol. The Bertz CT molecular complexity index is 796. The fourth-order valence-corrected chi connectivity index (χ4v) is 3.77. The molecule has 2 aliphatic rings. The van der Waals surface area contributed by atoms with Crippen LogP contribution in [0.5, 0.6) is 5.75 Å². The summed E-state index contributed by atoms with van der Waals surface area (Å²) >= 11 is 5.48. The number of anilines is 1. The van der Waals surface area contributed by atoms with E-state index in [1.807, 2.05) is 11.8 Å². The molecule has 2 aliphatic heterocycles. The van der Waals surface area contributed by atoms with Crippen LogP contribution in [0, 0.1) is 11.6 Å². The summed E-state index contributed by atoms with van der Waals surface area (Å²) in [5.41, 5.74) is 0.800. The van der Waals surface area contributed by atoms with Crippen molar-refractivity contribution in [1.29, 1.82) is 0 Å². The van der Waals surface area contributed by atoms with E-state index in [0.29, 0.717) is 17.3 Å². The van der Waals surface area contributed by atoms with Crippen molar-refractivity contribution >= 4 is 23.0 Å². The Hall–Kier alpha value is -2.21. The normalized spacial score (nSPS) is 25.4. The minimum atomic E-state index is -0.713. The molecule has 118 valence electrons. The summed E-state index contributed by atoms with van der Waals surface area (Å²) < 4.78 is 32.9. The van der Waals surface area contributed by atoms with Crippen LogP contribution in [0.2, 0.25) is 0 Å². The van der Waals surface area contributed by atoms with Crippen molar-refractivity contribution in [2.75, 3.05) is 4.90 Å². The Morgan fingerprint density at radius 3 is 2.61 bits per heavy atom. The molecular formula is C17H14F2N2OS. The van der Waals surface area contributed by atoms with Gasteiger partial charge in [-0.3, -0.25) is 4.90 Å². The van der Waals surface area contributed by atoms with Crippen molar-refractivity contribution in [1.82, 2.24) is 5.32 Å². The number of thiocarbonyl (C=S) groups is 1. The molecule has 2 aromatic carbocycles. The van der Waals surface area contributed by atoms with Gasteiger partial charge in [0.15, 0.2) is 10.8 Å². The number of hydrogen-bond acceptors (Lipinski definition) is 2. The Morgan fingerprint density at radius 1 is 1.17 bits per heavy atom. The van der Waals surface area contributed by atoms with Crippen LogP contribution in [-0.2, 0) is 0 Å². The Labute approximate surface area is 137 Å². The van der Waals surface area contributed by atoms with Gasteiger partial charge in [0.1, 0.15) is 17.4 Å². The van der Waals surface area contributed by atoms with E-state index < -0.39 is 5.72 Å². The minimum absolute atomic E-state index is 0.108. The molecule has 3 nitrogen and oxygen atoms in total. The van der Waals surface area contributed by atoms with Gasteiger partial charge < -0.3 is 10.1 Å². The van der Waals surface area contributed by atoms with Gasteiger partial charge in [0.2, 0.25) is 0 Å². The first-order chi connectivity index (χ1) is 11.0. The van der Waals surface area contributed by atoms with Crippen molar-refractivity contribution in [3.05, 3.63) is 59.7 Å². The number of rotatable bonds is 1. The van der Waals surface area contributed by atoms with E-state index in [2.05, 4.69) is 5.32 Å². The van der Waals surface area contributed by atoms with E-state index in [4.69, 9.17) is 17.0 Å². The second-order valence-corrected chi connectivity index (χ2v) is 6.36. The fraction of sp³-hybridized carbons (Fsp3) is 0.235. The predicted octanol–water partition coefficient (Wildman–Crippen LogP) is 3.90. The number of fused-ring (bicyclic) bond motifs is 4. The maximum Gasteiger partial charge on any atom is 0.188 e. The van der Waals surface area contributed by atoms with Gasteiger partial charge in [0.05, 0.1) is 6.04 Å². The minimum Gasteiger partial charge on any atom is -0.467 e. The van der Waals surface area contributed by atoms with Crippen LogP contribution < -0.4 is 15.0 Å². The molecule has 1 fully saturated rings. The van der Waals surface area contributed by atoms with E-state index in [0.717, 1.165) is 11.3 Å². The summed E-state index contributed by atoms with van der Waals surface area (Å²) in [5, 5.41) is 3.71. The molecule has 1 N–H and O–H groups in total. The lowest BCUT2D eigenvalue weighted by Gasteiger charge is -2.52. The molecule has 0 aromatic heterocycles. The summed E-state index contributed by atoms with van der Waals surface area (Å²) in [5.74, 6) is 0.0231. The average Bonchev–Trinajstić information content (AvgIpc) is 2.49. The highest BCUT2D eigenvalue weighted by molar-refractivity contribution is 7.80. The molecule has 4 rings (SSSR count). The molecule has 0 saturated carbocycles. The molecule has 2 heterocycles. The molecular weight excluding hydrogens is 318 g/mol. The number of halogens is 2. The maximum atomic E-state index is 13.5. The molecule has 6 heteroatoms. The van der Waals surface area contributed by atoms with E-state index in [-0.39, 0.29) is 17.7 Å². The lowest BCUT2D eigenvalue weighted by Crippen LogP contribution is -2.65. The van der Waals surface area contributed by atoms with Crippen molar-refractivity contribution in [3.63, 3.8) is 0 Å². The van der Waals surface area contributed by atoms with Gasteiger partial charge in [0, 0.05) is 17.7 Å². The van der Waals surface area contributed by atoms with Crippen LogP contribution in [0.1, 0.15) is 24.9 Å². The van der Waals surface area contributed by atoms with Crippen molar-refractivity contribution in [2.45, 2.75) is 25.1 Å². The molecule has 2 atom stereocenters. The largest absolute Gasteiger partial charge is 0.467 e. The van der Waals surface area contributed by atoms with Crippen molar-refractivity contribution < 1.29 is 13.5 Å². The number of nitrogens with one attached hydrogen (secondary N) is 1. The zero-order valence-corrected chi connectivity index (χ0v) is 13.2. The van der Waals surface area contributed by atoms with Gasteiger partial charge in [-0.05, 0) is 61.6 Å². The first-order valence-electron chi connectivity index (χ1n) is 7.31. The number of nitrogens with zero attached hydrogens (tertiary/aromatic N) is 1. The molecule has 0 unspecified atom stereocenters. The smallest absolute Gasteiger partial charge is 0.188 e. The topological polar surface area (TPSA) is 24.5 Å². The van der Waals surface area contributed by atoms with E-state index in [1.165, 1.54) is 24.3 Å². The third-order valence-corrected chi connectivity index (χ3v) is 4.62. The highest BCUT2D eigenvalue weighted by Gasteiger charge is 2.48. The lowest BCUT2D eigenvalue weighted by atomic mass is 9.90. The number of benzene rings is 2. The molecule has 1 saturated heterocycles. The van der Waals surface area contributed by atoms with Crippen molar-refractivity contribution in [3.8, 4) is 5.75 Å². The summed E-state index contributed by atoms with van der Waals surface area (Å²) in [7, 11) is 0. The molecule has 23 heavy (non-hydrogen) atoms. The molecule has 2 bridgehead atoms. The van der Waals surface area contributed by atoms with Crippen LogP contribution in [0.4, 0.5) is 14.5 Å². The molecule has 2 aromatic rings. The van der Waals surface area contributed by atoms with Gasteiger partial charge in [-0.25, -0.2) is 8.78 Å². The number of ether oxygens (including phenoxy) is 1. The van der Waals surface area contributed by atoms with Crippen LogP contribution in [0.3, 0.4) is 0 Å². The van der Waals surface area contributed by atoms with Gasteiger partial charge in [-0.1, -0.05) is 0 Å². The Balaban J connectivity index is 1.79. The fourth-order valence-electron chi connectivity index (χ4n) is 3.33. The highest BCUT2D eigenvalue weighted by Crippen LogP contribution is 2.45. The van der Waals surface area contributed by atoms with E-state index >= 15 is 0 Å².